The molecule has 0 saturated carbocycles. The number of rotatable bonds is 2. The zero-order valence-corrected chi connectivity index (χ0v) is 12.1. The molecule has 0 bridgehead atoms. The molecule has 0 aromatic carbocycles. The molecule has 2 amide bonds. The Balaban J connectivity index is 2.11. The van der Waals surface area contributed by atoms with Crippen LogP contribution in [0, 0.1) is 0 Å². The second-order valence-corrected chi connectivity index (χ2v) is 5.22. The Kier molecular flexibility index (Phi) is 4.34. The van der Waals surface area contributed by atoms with Gasteiger partial charge >= 0.3 is 0 Å². The van der Waals surface area contributed by atoms with Gasteiger partial charge in [-0.15, -0.1) is 0 Å². The fraction of sp³-hybridized carbons (Fsp3) is 0.500. The van der Waals surface area contributed by atoms with Crippen LogP contribution in [0.15, 0.2) is 24.5 Å². The lowest BCUT2D eigenvalue weighted by molar-refractivity contribution is -0.135. The van der Waals surface area contributed by atoms with Gasteiger partial charge in [-0.3, -0.25) is 19.5 Å². The van der Waals surface area contributed by atoms with Crippen molar-refractivity contribution < 1.29 is 9.59 Å². The number of pyridine rings is 1. The average molecular weight is 276 g/mol. The van der Waals surface area contributed by atoms with Crippen LogP contribution in [0.25, 0.3) is 0 Å². The van der Waals surface area contributed by atoms with E-state index in [1.165, 1.54) is 0 Å². The molecule has 1 fully saturated rings. The molecular formula is C14H20N4O2. The van der Waals surface area contributed by atoms with Crippen molar-refractivity contribution in [3.63, 3.8) is 0 Å². The molecule has 1 saturated heterocycles. The monoisotopic (exact) mass is 276 g/mol. The van der Waals surface area contributed by atoms with E-state index >= 15 is 0 Å². The van der Waals surface area contributed by atoms with Gasteiger partial charge < -0.3 is 9.80 Å². The van der Waals surface area contributed by atoms with E-state index in [0.29, 0.717) is 25.2 Å². The van der Waals surface area contributed by atoms with Crippen molar-refractivity contribution in [1.29, 1.82) is 0 Å². The first-order chi connectivity index (χ1) is 9.50. The minimum atomic E-state index is -0.274. The summed E-state index contributed by atoms with van der Waals surface area (Å²) in [5, 5.41) is 0. The highest BCUT2D eigenvalue weighted by molar-refractivity contribution is 5.94. The summed E-state index contributed by atoms with van der Waals surface area (Å²) in [4.78, 5) is 33.8. The fourth-order valence-electron chi connectivity index (χ4n) is 2.30. The summed E-state index contributed by atoms with van der Waals surface area (Å²) < 4.78 is 0. The quantitative estimate of drug-likeness (QED) is 0.758. The minimum Gasteiger partial charge on any atom is -0.347 e. The zero-order chi connectivity index (χ0) is 14.7. The maximum Gasteiger partial charge on any atom is 0.254 e. The van der Waals surface area contributed by atoms with E-state index in [1.54, 1.807) is 48.4 Å². The van der Waals surface area contributed by atoms with Crippen LogP contribution in [0.5, 0.6) is 0 Å². The second-order valence-electron chi connectivity index (χ2n) is 5.22. The third-order valence-corrected chi connectivity index (χ3v) is 3.59. The van der Waals surface area contributed by atoms with Gasteiger partial charge in [0.1, 0.15) is 6.04 Å². The third kappa shape index (κ3) is 2.96. The zero-order valence-electron chi connectivity index (χ0n) is 12.1. The van der Waals surface area contributed by atoms with Crippen molar-refractivity contribution in [3.8, 4) is 0 Å². The smallest absolute Gasteiger partial charge is 0.254 e. The lowest BCUT2D eigenvalue weighted by Crippen LogP contribution is -2.58. The van der Waals surface area contributed by atoms with Crippen LogP contribution >= 0.6 is 0 Å². The molecule has 1 aliphatic heterocycles. The SMILES string of the molecule is CN(C)C(=O)C1CN(C(=O)c2ccncc2)CCN1C. The molecule has 1 aromatic heterocycles. The highest BCUT2D eigenvalue weighted by atomic mass is 16.2. The lowest BCUT2D eigenvalue weighted by Gasteiger charge is -2.39. The van der Waals surface area contributed by atoms with Gasteiger partial charge in [0.05, 0.1) is 0 Å². The first kappa shape index (κ1) is 14.5. The molecule has 1 aromatic rings. The highest BCUT2D eigenvalue weighted by Gasteiger charge is 2.33. The predicted molar refractivity (Wildman–Crippen MR) is 75.3 cm³/mol. The van der Waals surface area contributed by atoms with E-state index in [9.17, 15) is 9.59 Å². The molecule has 20 heavy (non-hydrogen) atoms. The fourth-order valence-corrected chi connectivity index (χ4v) is 2.30. The van der Waals surface area contributed by atoms with Crippen LogP contribution in [0.3, 0.4) is 0 Å². The lowest BCUT2D eigenvalue weighted by atomic mass is 10.1. The number of nitrogens with zero attached hydrogens (tertiary/aromatic N) is 4. The van der Waals surface area contributed by atoms with Crippen molar-refractivity contribution >= 4 is 11.8 Å². The maximum atomic E-state index is 12.4. The van der Waals surface area contributed by atoms with Crippen molar-refractivity contribution in [3.05, 3.63) is 30.1 Å². The first-order valence-corrected chi connectivity index (χ1v) is 6.61. The van der Waals surface area contributed by atoms with Crippen LogP contribution in [0.1, 0.15) is 10.4 Å². The molecule has 0 radical (unpaired) electrons. The normalized spacial score (nSPS) is 19.8. The van der Waals surface area contributed by atoms with Crippen molar-refractivity contribution in [2.45, 2.75) is 6.04 Å². The Hall–Kier alpha value is -1.95. The average Bonchev–Trinajstić information content (AvgIpc) is 2.47. The molecule has 6 nitrogen and oxygen atoms in total. The summed E-state index contributed by atoms with van der Waals surface area (Å²) in [5.41, 5.74) is 0.612. The summed E-state index contributed by atoms with van der Waals surface area (Å²) >= 11 is 0. The standard InChI is InChI=1S/C14H20N4O2/c1-16(2)14(20)12-10-18(9-8-17(12)3)13(19)11-4-6-15-7-5-11/h4-7,12H,8-10H2,1-3H3. The molecule has 2 heterocycles. The van der Waals surface area contributed by atoms with Crippen molar-refractivity contribution in [2.24, 2.45) is 0 Å². The molecule has 0 aliphatic carbocycles. The van der Waals surface area contributed by atoms with Crippen molar-refractivity contribution in [1.82, 2.24) is 19.7 Å². The van der Waals surface area contributed by atoms with Crippen LogP contribution < -0.4 is 0 Å². The Bertz CT molecular complexity index is 489. The molecule has 1 aliphatic rings. The van der Waals surface area contributed by atoms with Crippen LogP contribution in [-0.4, -0.2) is 78.3 Å². The molecule has 2 rings (SSSR count). The van der Waals surface area contributed by atoms with Gasteiger partial charge in [-0.2, -0.15) is 0 Å². The summed E-state index contributed by atoms with van der Waals surface area (Å²) in [6, 6.07) is 3.12. The van der Waals surface area contributed by atoms with Gasteiger partial charge in [0.25, 0.3) is 5.91 Å². The third-order valence-electron chi connectivity index (χ3n) is 3.59. The summed E-state index contributed by atoms with van der Waals surface area (Å²) in [6.45, 7) is 1.75. The summed E-state index contributed by atoms with van der Waals surface area (Å²) in [7, 11) is 5.39. The predicted octanol–water partition coefficient (Wildman–Crippen LogP) is -0.0740. The van der Waals surface area contributed by atoms with E-state index in [4.69, 9.17) is 0 Å². The Morgan fingerprint density at radius 1 is 1.25 bits per heavy atom. The van der Waals surface area contributed by atoms with Crippen molar-refractivity contribution in [2.75, 3.05) is 40.8 Å². The Morgan fingerprint density at radius 2 is 1.90 bits per heavy atom. The number of aromatic nitrogens is 1. The summed E-state index contributed by atoms with van der Waals surface area (Å²) in [5.74, 6) is -0.0169. The number of likely N-dealkylation sites (N-methyl/N-ethyl adjacent to an activating group) is 2. The molecular weight excluding hydrogens is 256 g/mol. The van der Waals surface area contributed by atoms with E-state index < -0.39 is 0 Å². The van der Waals surface area contributed by atoms with Gasteiger partial charge in [0, 0.05) is 51.7 Å². The molecule has 1 atom stereocenters. The Labute approximate surface area is 119 Å². The van der Waals surface area contributed by atoms with Gasteiger partial charge in [-0.1, -0.05) is 0 Å². The van der Waals surface area contributed by atoms with Crippen LogP contribution in [0.4, 0.5) is 0 Å². The molecule has 0 N–H and O–H groups in total. The molecule has 1 unspecified atom stereocenters. The molecule has 108 valence electrons. The number of hydrogen-bond donors (Lipinski definition) is 0. The van der Waals surface area contributed by atoms with Gasteiger partial charge in [0.15, 0.2) is 0 Å². The number of hydrogen-bond acceptors (Lipinski definition) is 4. The minimum absolute atomic E-state index is 0.0275. The van der Waals surface area contributed by atoms with Crippen LogP contribution in [0.2, 0.25) is 0 Å². The van der Waals surface area contributed by atoms with Gasteiger partial charge in [-0.05, 0) is 19.2 Å². The van der Waals surface area contributed by atoms with Gasteiger partial charge in [0.2, 0.25) is 5.91 Å². The van der Waals surface area contributed by atoms with E-state index in [1.807, 2.05) is 11.9 Å². The summed E-state index contributed by atoms with van der Waals surface area (Å²) in [6.07, 6.45) is 3.21. The highest BCUT2D eigenvalue weighted by Crippen LogP contribution is 2.13. The van der Waals surface area contributed by atoms with E-state index in [0.717, 1.165) is 0 Å². The number of piperazine rings is 1. The maximum absolute atomic E-state index is 12.4. The number of carbonyl (C=O) groups excluding carboxylic acids is 2. The topological polar surface area (TPSA) is 56.8 Å². The molecule has 6 heteroatoms. The number of amides is 2. The number of carbonyl (C=O) groups is 2. The van der Waals surface area contributed by atoms with E-state index in [-0.39, 0.29) is 17.9 Å². The molecule has 0 spiro atoms. The second kappa shape index (κ2) is 6.00. The van der Waals surface area contributed by atoms with Gasteiger partial charge in [-0.25, -0.2) is 0 Å². The largest absolute Gasteiger partial charge is 0.347 e. The van der Waals surface area contributed by atoms with E-state index in [2.05, 4.69) is 4.98 Å². The Morgan fingerprint density at radius 3 is 2.50 bits per heavy atom. The first-order valence-electron chi connectivity index (χ1n) is 6.61. The van der Waals surface area contributed by atoms with Crippen LogP contribution in [-0.2, 0) is 4.79 Å².